The Morgan fingerprint density at radius 2 is 2.62 bits per heavy atom. The Kier molecular flexibility index (Phi) is 3.44. The monoisotopic (exact) mass is 114 g/mol. The number of amides is 1. The molecular formula is C4H6N2O2. The fourth-order valence-electron chi connectivity index (χ4n) is 0.201. The van der Waals surface area contributed by atoms with Crippen LogP contribution in [0.25, 0.3) is 0 Å². The van der Waals surface area contributed by atoms with Crippen LogP contribution in [0.1, 0.15) is 6.92 Å². The second-order valence-corrected chi connectivity index (χ2v) is 0.923. The molecule has 0 unspecified atom stereocenters. The highest BCUT2D eigenvalue weighted by molar-refractivity contribution is 5.74. The Morgan fingerprint density at radius 3 is 3.00 bits per heavy atom. The van der Waals surface area contributed by atoms with Crippen molar-refractivity contribution in [3.8, 4) is 0 Å². The molecule has 1 N–H and O–H groups in total. The van der Waals surface area contributed by atoms with Gasteiger partial charge >= 0.3 is 6.09 Å². The number of aliphatic imine (C=N–C) groups is 1. The van der Waals surface area contributed by atoms with E-state index in [0.717, 1.165) is 0 Å². The van der Waals surface area contributed by atoms with Crippen LogP contribution in [0.2, 0.25) is 0 Å². The first kappa shape index (κ1) is 6.85. The Hall–Kier alpha value is -1.15. The molecule has 0 heterocycles. The Morgan fingerprint density at radius 1 is 2.00 bits per heavy atom. The van der Waals surface area contributed by atoms with Gasteiger partial charge in [0.15, 0.2) is 0 Å². The van der Waals surface area contributed by atoms with Crippen LogP contribution in [-0.4, -0.2) is 18.7 Å². The zero-order chi connectivity index (χ0) is 6.41. The molecule has 1 amide bonds. The van der Waals surface area contributed by atoms with E-state index in [9.17, 15) is 4.79 Å². The third-order valence-electron chi connectivity index (χ3n) is 0.415. The smallest absolute Gasteiger partial charge is 0.443 e. The number of nitrogens with zero attached hydrogens (tertiary/aromatic N) is 1. The second-order valence-electron chi connectivity index (χ2n) is 0.923. The van der Waals surface area contributed by atoms with Gasteiger partial charge in [0.25, 0.3) is 0 Å². The van der Waals surface area contributed by atoms with E-state index in [1.807, 2.05) is 0 Å². The highest BCUT2D eigenvalue weighted by Gasteiger charge is 1.91. The van der Waals surface area contributed by atoms with Gasteiger partial charge in [0.1, 0.15) is 0 Å². The molecule has 4 heteroatoms. The average molecular weight is 114 g/mol. The van der Waals surface area contributed by atoms with E-state index in [1.54, 1.807) is 12.9 Å². The lowest BCUT2D eigenvalue weighted by molar-refractivity contribution is 0.164. The van der Waals surface area contributed by atoms with E-state index in [-0.39, 0.29) is 6.61 Å². The summed E-state index contributed by atoms with van der Waals surface area (Å²) in [4.78, 5) is 12.9. The molecule has 0 saturated heterocycles. The molecule has 0 aromatic carbocycles. The highest BCUT2D eigenvalue weighted by Crippen LogP contribution is 1.78. The summed E-state index contributed by atoms with van der Waals surface area (Å²) >= 11 is 0. The number of rotatable bonds is 1. The Labute approximate surface area is 46.7 Å². The summed E-state index contributed by atoms with van der Waals surface area (Å²) in [5, 5.41) is 6.19. The molecule has 0 radical (unpaired) electrons. The number of nitrogens with one attached hydrogen (secondary N) is 1. The summed E-state index contributed by atoms with van der Waals surface area (Å²) in [5.41, 5.74) is 0. The van der Waals surface area contributed by atoms with E-state index < -0.39 is 6.09 Å². The number of hydrogen-bond acceptors (Lipinski definition) is 3. The van der Waals surface area contributed by atoms with Gasteiger partial charge in [-0.05, 0) is 6.92 Å². The second kappa shape index (κ2) is 4.02. The molecule has 0 aliphatic carbocycles. The van der Waals surface area contributed by atoms with Crippen molar-refractivity contribution in [3.05, 3.63) is 0 Å². The van der Waals surface area contributed by atoms with E-state index in [1.165, 1.54) is 0 Å². The van der Waals surface area contributed by atoms with Crippen LogP contribution in [0.5, 0.6) is 0 Å². The minimum atomic E-state index is -0.762. The lowest BCUT2D eigenvalue weighted by atomic mass is 10.9. The van der Waals surface area contributed by atoms with Crippen LogP contribution in [-0.2, 0) is 4.74 Å². The van der Waals surface area contributed by atoms with Gasteiger partial charge in [0, 0.05) is 0 Å². The molecule has 0 aliphatic rings. The summed E-state index contributed by atoms with van der Waals surface area (Å²) < 4.78 is 4.29. The van der Waals surface area contributed by atoms with Crippen molar-refractivity contribution in [2.24, 2.45) is 4.99 Å². The zero-order valence-corrected chi connectivity index (χ0v) is 4.47. The minimum absolute atomic E-state index is 0.282. The van der Waals surface area contributed by atoms with Crippen LogP contribution in [0.4, 0.5) is 4.79 Å². The molecule has 0 aliphatic heterocycles. The van der Waals surface area contributed by atoms with Gasteiger partial charge in [-0.1, -0.05) is 0 Å². The van der Waals surface area contributed by atoms with Crippen molar-refractivity contribution < 1.29 is 9.53 Å². The van der Waals surface area contributed by atoms with Gasteiger partial charge in [0.05, 0.1) is 12.6 Å². The molecule has 0 atom stereocenters. The third kappa shape index (κ3) is 3.06. The maximum atomic E-state index is 10.1. The van der Waals surface area contributed by atoms with E-state index >= 15 is 0 Å². The maximum absolute atomic E-state index is 10.1. The van der Waals surface area contributed by atoms with Gasteiger partial charge in [-0.2, -0.15) is 0 Å². The molecule has 44 valence electrons. The summed E-state index contributed by atoms with van der Waals surface area (Å²) in [6.45, 7) is 1.95. The predicted molar refractivity (Wildman–Crippen MR) is 27.2 cm³/mol. The molecule has 0 bridgehead atoms. The summed E-state index contributed by atoms with van der Waals surface area (Å²) in [6.07, 6.45) is -0.762. The zero-order valence-electron chi connectivity index (χ0n) is 4.47. The van der Waals surface area contributed by atoms with Crippen molar-refractivity contribution in [2.45, 2.75) is 6.92 Å². The van der Waals surface area contributed by atoms with Crippen LogP contribution in [0.3, 0.4) is 0 Å². The normalized spacial score (nSPS) is 7.12. The molecule has 0 aromatic rings. The standard InChI is InChI=1S/C4H6N2O2/c1-2-8-4(7)6-3-5/h5H,2H2,1H3. The van der Waals surface area contributed by atoms with Gasteiger partial charge in [-0.25, -0.2) is 10.2 Å². The largest absolute Gasteiger partial charge is 0.448 e. The number of ether oxygens (including phenoxy) is 1. The lowest BCUT2D eigenvalue weighted by Gasteiger charge is -1.88. The van der Waals surface area contributed by atoms with Crippen LogP contribution < -0.4 is 0 Å². The molecule has 0 fully saturated rings. The van der Waals surface area contributed by atoms with Crippen molar-refractivity contribution in [1.82, 2.24) is 0 Å². The third-order valence-corrected chi connectivity index (χ3v) is 0.415. The first-order valence-corrected chi connectivity index (χ1v) is 2.10. The SMILES string of the molecule is CCOC(=O)N=C=N. The summed E-state index contributed by atoms with van der Waals surface area (Å²) in [6, 6.07) is 1.55. The maximum Gasteiger partial charge on any atom is 0.443 e. The molecule has 0 aromatic heterocycles. The highest BCUT2D eigenvalue weighted by atomic mass is 16.5. The number of carbonyl (C=O) groups is 1. The van der Waals surface area contributed by atoms with E-state index in [4.69, 9.17) is 5.41 Å². The first-order valence-electron chi connectivity index (χ1n) is 2.10. The lowest BCUT2D eigenvalue weighted by Crippen LogP contribution is -1.95. The van der Waals surface area contributed by atoms with Crippen molar-refractivity contribution in [1.29, 1.82) is 5.41 Å². The van der Waals surface area contributed by atoms with Crippen molar-refractivity contribution in [2.75, 3.05) is 6.61 Å². The summed E-state index contributed by atoms with van der Waals surface area (Å²) in [5.74, 6) is 0. The van der Waals surface area contributed by atoms with Crippen LogP contribution >= 0.6 is 0 Å². The quantitative estimate of drug-likeness (QED) is 0.514. The number of hydrogen-bond donors (Lipinski definition) is 1. The van der Waals surface area contributed by atoms with Gasteiger partial charge in [0.2, 0.25) is 0 Å². The van der Waals surface area contributed by atoms with Crippen molar-refractivity contribution in [3.63, 3.8) is 0 Å². The Bertz CT molecular complexity index is 126. The van der Waals surface area contributed by atoms with E-state index in [0.29, 0.717) is 0 Å². The van der Waals surface area contributed by atoms with Gasteiger partial charge in [-0.3, -0.25) is 0 Å². The minimum Gasteiger partial charge on any atom is -0.448 e. The van der Waals surface area contributed by atoms with E-state index in [2.05, 4.69) is 9.73 Å². The fraction of sp³-hybridized carbons (Fsp3) is 0.500. The summed E-state index contributed by atoms with van der Waals surface area (Å²) in [7, 11) is 0. The average Bonchev–Trinajstić information content (AvgIpc) is 1.68. The molecule has 4 nitrogen and oxygen atoms in total. The molecular weight excluding hydrogens is 108 g/mol. The van der Waals surface area contributed by atoms with Crippen LogP contribution in [0, 0.1) is 5.41 Å². The van der Waals surface area contributed by atoms with Crippen LogP contribution in [0.15, 0.2) is 4.99 Å². The van der Waals surface area contributed by atoms with Crippen molar-refractivity contribution >= 4 is 12.1 Å². The predicted octanol–water partition coefficient (Wildman–Crippen LogP) is 0.896. The molecule has 8 heavy (non-hydrogen) atoms. The Balaban J connectivity index is 3.49. The van der Waals surface area contributed by atoms with Gasteiger partial charge < -0.3 is 4.74 Å². The molecule has 0 saturated carbocycles. The first-order chi connectivity index (χ1) is 3.81. The number of carbonyl (C=O) groups excluding carboxylic acids is 1. The molecule has 0 rings (SSSR count). The fourth-order valence-corrected chi connectivity index (χ4v) is 0.201. The van der Waals surface area contributed by atoms with Gasteiger partial charge in [-0.15, -0.1) is 4.99 Å². The molecule has 0 spiro atoms. The topological polar surface area (TPSA) is 62.5 Å².